The first-order chi connectivity index (χ1) is 10.2. The molecule has 0 spiro atoms. The maximum absolute atomic E-state index is 5.03. The molecule has 0 aromatic rings. The second-order valence-corrected chi connectivity index (χ2v) is 6.33. The fourth-order valence-electron chi connectivity index (χ4n) is 3.13. The molecule has 22 heavy (non-hydrogen) atoms. The van der Waals surface area contributed by atoms with Gasteiger partial charge in [0, 0.05) is 46.9 Å². The third-order valence-corrected chi connectivity index (χ3v) is 3.93. The third kappa shape index (κ3) is 9.84. The van der Waals surface area contributed by atoms with Crippen molar-refractivity contribution in [2.75, 3.05) is 53.5 Å². The van der Waals surface area contributed by atoms with Crippen molar-refractivity contribution in [1.29, 1.82) is 0 Å². The van der Waals surface area contributed by atoms with Gasteiger partial charge < -0.3 is 20.3 Å². The molecule has 2 N–H and O–H groups in total. The number of ether oxygens (including phenoxy) is 1. The van der Waals surface area contributed by atoms with Crippen molar-refractivity contribution in [1.82, 2.24) is 15.5 Å². The van der Waals surface area contributed by atoms with E-state index in [0.29, 0.717) is 0 Å². The summed E-state index contributed by atoms with van der Waals surface area (Å²) in [5, 5.41) is 6.68. The Morgan fingerprint density at radius 1 is 1.14 bits per heavy atom. The van der Waals surface area contributed by atoms with Crippen LogP contribution in [0.1, 0.15) is 33.1 Å². The number of likely N-dealkylation sites (tertiary alicyclic amines) is 1. The maximum Gasteiger partial charge on any atom is 0.190 e. The van der Waals surface area contributed by atoms with E-state index < -0.39 is 0 Å². The Morgan fingerprint density at radius 2 is 1.73 bits per heavy atom. The number of halogens is 1. The lowest BCUT2D eigenvalue weighted by molar-refractivity contribution is 0.140. The maximum atomic E-state index is 5.03. The molecule has 1 aliphatic heterocycles. The molecule has 1 fully saturated rings. The highest BCUT2D eigenvalue weighted by atomic mass is 127. The number of hydrogen-bond acceptors (Lipinski definition) is 3. The molecule has 0 aromatic heterocycles. The Kier molecular flexibility index (Phi) is 13.3. The third-order valence-electron chi connectivity index (χ3n) is 3.93. The average molecular weight is 426 g/mol. The first kappa shape index (κ1) is 21.9. The summed E-state index contributed by atoms with van der Waals surface area (Å²) in [6, 6.07) is 0. The van der Waals surface area contributed by atoms with E-state index in [2.05, 4.69) is 34.4 Å². The van der Waals surface area contributed by atoms with Crippen molar-refractivity contribution in [3.05, 3.63) is 0 Å². The van der Waals surface area contributed by atoms with Crippen LogP contribution in [0, 0.1) is 11.8 Å². The summed E-state index contributed by atoms with van der Waals surface area (Å²) in [5.41, 5.74) is 0. The summed E-state index contributed by atoms with van der Waals surface area (Å²) in [6.07, 6.45) is 3.55. The Hall–Kier alpha value is -0.0800. The lowest BCUT2D eigenvalue weighted by Crippen LogP contribution is -2.42. The molecule has 1 aliphatic rings. The van der Waals surface area contributed by atoms with Gasteiger partial charge in [0.15, 0.2) is 5.96 Å². The van der Waals surface area contributed by atoms with Crippen LogP contribution in [0.4, 0.5) is 0 Å². The summed E-state index contributed by atoms with van der Waals surface area (Å²) in [5.74, 6) is 2.58. The average Bonchev–Trinajstić information content (AvgIpc) is 2.44. The highest BCUT2D eigenvalue weighted by Crippen LogP contribution is 2.20. The van der Waals surface area contributed by atoms with Gasteiger partial charge >= 0.3 is 0 Å². The molecule has 2 atom stereocenters. The molecule has 132 valence electrons. The highest BCUT2D eigenvalue weighted by Gasteiger charge is 2.20. The molecule has 0 saturated carbocycles. The van der Waals surface area contributed by atoms with Gasteiger partial charge in [0.2, 0.25) is 0 Å². The van der Waals surface area contributed by atoms with Gasteiger partial charge in [-0.2, -0.15) is 0 Å². The standard InChI is InChI=1S/C16H34N4O.HI/c1-14-11-15(2)13-20(12-14)9-5-7-18-16(17-3)19-8-6-10-21-4;/h14-15H,5-13H2,1-4H3,(H2,17,18,19);1H. The van der Waals surface area contributed by atoms with Crippen molar-refractivity contribution in [3.8, 4) is 0 Å². The van der Waals surface area contributed by atoms with Crippen molar-refractivity contribution < 1.29 is 4.74 Å². The zero-order chi connectivity index (χ0) is 15.5. The van der Waals surface area contributed by atoms with Crippen LogP contribution in [0.2, 0.25) is 0 Å². The minimum atomic E-state index is 0. The zero-order valence-electron chi connectivity index (χ0n) is 14.7. The number of guanidine groups is 1. The second-order valence-electron chi connectivity index (χ2n) is 6.33. The number of hydrogen-bond donors (Lipinski definition) is 2. The molecule has 0 aliphatic carbocycles. The monoisotopic (exact) mass is 426 g/mol. The van der Waals surface area contributed by atoms with E-state index in [1.54, 1.807) is 7.11 Å². The fourth-order valence-corrected chi connectivity index (χ4v) is 3.13. The summed E-state index contributed by atoms with van der Waals surface area (Å²) in [6.45, 7) is 11.1. The van der Waals surface area contributed by atoms with Crippen LogP contribution in [0.5, 0.6) is 0 Å². The summed E-state index contributed by atoms with van der Waals surface area (Å²) >= 11 is 0. The molecule has 0 bridgehead atoms. The summed E-state index contributed by atoms with van der Waals surface area (Å²) in [4.78, 5) is 6.84. The second kappa shape index (κ2) is 13.4. The molecule has 1 saturated heterocycles. The molecule has 0 amide bonds. The highest BCUT2D eigenvalue weighted by molar-refractivity contribution is 14.0. The van der Waals surface area contributed by atoms with Gasteiger partial charge in [-0.05, 0) is 37.6 Å². The predicted molar refractivity (Wildman–Crippen MR) is 105 cm³/mol. The van der Waals surface area contributed by atoms with Gasteiger partial charge in [-0.1, -0.05) is 13.8 Å². The molecule has 0 aromatic carbocycles. The van der Waals surface area contributed by atoms with Crippen molar-refractivity contribution in [2.45, 2.75) is 33.1 Å². The number of piperidine rings is 1. The normalized spacial score (nSPS) is 23.0. The van der Waals surface area contributed by atoms with Gasteiger partial charge in [-0.25, -0.2) is 0 Å². The topological polar surface area (TPSA) is 48.9 Å². The van der Waals surface area contributed by atoms with Crippen LogP contribution >= 0.6 is 24.0 Å². The number of nitrogens with zero attached hydrogens (tertiary/aromatic N) is 2. The number of methoxy groups -OCH3 is 1. The Bertz CT molecular complexity index is 292. The number of aliphatic imine (C=N–C) groups is 1. The van der Waals surface area contributed by atoms with Crippen LogP contribution in [0.15, 0.2) is 4.99 Å². The number of rotatable bonds is 8. The first-order valence-corrected chi connectivity index (χ1v) is 8.31. The van der Waals surface area contributed by atoms with Crippen LogP contribution < -0.4 is 10.6 Å². The molecule has 2 unspecified atom stereocenters. The summed E-state index contributed by atoms with van der Waals surface area (Å²) < 4.78 is 5.03. The van der Waals surface area contributed by atoms with Gasteiger partial charge in [-0.3, -0.25) is 4.99 Å². The molecular formula is C16H35IN4O. The van der Waals surface area contributed by atoms with E-state index in [-0.39, 0.29) is 24.0 Å². The van der Waals surface area contributed by atoms with Gasteiger partial charge in [0.1, 0.15) is 0 Å². The largest absolute Gasteiger partial charge is 0.385 e. The van der Waals surface area contributed by atoms with Crippen LogP contribution in [-0.2, 0) is 4.74 Å². The van der Waals surface area contributed by atoms with Gasteiger partial charge in [0.25, 0.3) is 0 Å². The smallest absolute Gasteiger partial charge is 0.190 e. The van der Waals surface area contributed by atoms with E-state index in [0.717, 1.165) is 50.3 Å². The zero-order valence-corrected chi connectivity index (χ0v) is 17.1. The molecule has 1 rings (SSSR count). The number of nitrogens with one attached hydrogen (secondary N) is 2. The van der Waals surface area contributed by atoms with Gasteiger partial charge in [0.05, 0.1) is 0 Å². The minimum absolute atomic E-state index is 0. The first-order valence-electron chi connectivity index (χ1n) is 8.31. The van der Waals surface area contributed by atoms with E-state index in [4.69, 9.17) is 4.74 Å². The van der Waals surface area contributed by atoms with Crippen LogP contribution in [0.25, 0.3) is 0 Å². The summed E-state index contributed by atoms with van der Waals surface area (Å²) in [7, 11) is 3.55. The van der Waals surface area contributed by atoms with E-state index in [1.807, 2.05) is 7.05 Å². The van der Waals surface area contributed by atoms with E-state index >= 15 is 0 Å². The Balaban J connectivity index is 0.00000441. The van der Waals surface area contributed by atoms with Gasteiger partial charge in [-0.15, -0.1) is 24.0 Å². The molecule has 6 heteroatoms. The quantitative estimate of drug-likeness (QED) is 0.270. The van der Waals surface area contributed by atoms with Crippen molar-refractivity contribution in [3.63, 3.8) is 0 Å². The van der Waals surface area contributed by atoms with Crippen LogP contribution in [0.3, 0.4) is 0 Å². The molecule has 5 nitrogen and oxygen atoms in total. The lowest BCUT2D eigenvalue weighted by Gasteiger charge is -2.35. The Morgan fingerprint density at radius 3 is 2.27 bits per heavy atom. The van der Waals surface area contributed by atoms with Crippen molar-refractivity contribution >= 4 is 29.9 Å². The fraction of sp³-hybridized carbons (Fsp3) is 0.938. The van der Waals surface area contributed by atoms with Crippen LogP contribution in [-0.4, -0.2) is 64.3 Å². The predicted octanol–water partition coefficient (Wildman–Crippen LogP) is 2.17. The van der Waals surface area contributed by atoms with E-state index in [9.17, 15) is 0 Å². The molecular weight excluding hydrogens is 391 g/mol. The molecule has 0 radical (unpaired) electrons. The van der Waals surface area contributed by atoms with E-state index in [1.165, 1.54) is 26.1 Å². The minimum Gasteiger partial charge on any atom is -0.385 e. The molecule has 1 heterocycles. The lowest BCUT2D eigenvalue weighted by atomic mass is 9.92. The SMILES string of the molecule is CN=C(NCCCOC)NCCCN1CC(C)CC(C)C1.I. The van der Waals surface area contributed by atoms with Crippen molar-refractivity contribution in [2.24, 2.45) is 16.8 Å². The Labute approximate surface area is 153 Å².